The number of hydrogen-bond acceptors (Lipinski definition) is 6. The predicted octanol–water partition coefficient (Wildman–Crippen LogP) is 1.35. The Kier molecular flexibility index (Phi) is 11.6. The molecule has 0 spiro atoms. The minimum atomic E-state index is -1.17. The number of carbonyl (C=O) groups excluding carboxylic acids is 3. The lowest BCUT2D eigenvalue weighted by molar-refractivity contribution is -0.142. The van der Waals surface area contributed by atoms with E-state index in [1.54, 1.807) is 0 Å². The first-order valence-corrected chi connectivity index (χ1v) is 13.6. The van der Waals surface area contributed by atoms with E-state index in [1.165, 1.54) is 12.5 Å². The summed E-state index contributed by atoms with van der Waals surface area (Å²) >= 11 is 0. The highest BCUT2D eigenvalue weighted by molar-refractivity contribution is 5.94. The minimum Gasteiger partial charge on any atom is -0.480 e. The lowest BCUT2D eigenvalue weighted by Gasteiger charge is -2.25. The van der Waals surface area contributed by atoms with Crippen molar-refractivity contribution in [2.75, 3.05) is 0 Å². The first kappa shape index (κ1) is 31.0. The molecule has 0 radical (unpaired) electrons. The molecule has 0 aliphatic carbocycles. The van der Waals surface area contributed by atoms with Gasteiger partial charge in [-0.2, -0.15) is 0 Å². The number of imidazole rings is 1. The first-order valence-electron chi connectivity index (χ1n) is 13.6. The molecule has 4 atom stereocenters. The number of benzene rings is 2. The Morgan fingerprint density at radius 1 is 0.780 bits per heavy atom. The van der Waals surface area contributed by atoms with Crippen LogP contribution in [0, 0.1) is 5.92 Å². The van der Waals surface area contributed by atoms with Crippen molar-refractivity contribution >= 4 is 23.7 Å². The number of aliphatic carboxylic acids is 1. The summed E-state index contributed by atoms with van der Waals surface area (Å²) in [4.78, 5) is 58.6. The maximum Gasteiger partial charge on any atom is 0.326 e. The summed E-state index contributed by atoms with van der Waals surface area (Å²) in [5.41, 5.74) is 8.42. The SMILES string of the molecule is CC(C)CC(NC(=O)C(Cc1cnc[nH]1)NC(=O)C(Cc1ccccc1)NC(=O)C(N)Cc1ccccc1)C(=O)O. The summed E-state index contributed by atoms with van der Waals surface area (Å²) in [6.07, 6.45) is 3.64. The lowest BCUT2D eigenvalue weighted by atomic mass is 10.0. The normalized spacial score (nSPS) is 14.0. The fourth-order valence-electron chi connectivity index (χ4n) is 4.36. The van der Waals surface area contributed by atoms with E-state index in [4.69, 9.17) is 5.73 Å². The number of nitrogens with two attached hydrogens (primary N) is 1. The molecule has 3 rings (SSSR count). The standard InChI is InChI=1S/C30H38N6O5/c1-19(2)13-26(30(40)41)36-29(39)25(16-22-17-32-18-33-22)35-28(38)24(15-21-11-7-4-8-12-21)34-27(37)23(31)14-20-9-5-3-6-10-20/h3-12,17-19,23-26H,13-16,31H2,1-2H3,(H,32,33)(H,34,37)(H,35,38)(H,36,39)(H,40,41). The molecule has 1 aromatic heterocycles. The van der Waals surface area contributed by atoms with Crippen LogP contribution in [0.5, 0.6) is 0 Å². The molecule has 7 N–H and O–H groups in total. The molecule has 4 unspecified atom stereocenters. The van der Waals surface area contributed by atoms with E-state index in [0.717, 1.165) is 11.1 Å². The number of nitrogens with one attached hydrogen (secondary N) is 4. The van der Waals surface area contributed by atoms with Crippen LogP contribution in [-0.4, -0.2) is 62.9 Å². The van der Waals surface area contributed by atoms with Crippen molar-refractivity contribution in [2.45, 2.75) is 63.7 Å². The molecular formula is C30H38N6O5. The summed E-state index contributed by atoms with van der Waals surface area (Å²) in [7, 11) is 0. The van der Waals surface area contributed by atoms with Crippen LogP contribution in [0.1, 0.15) is 37.1 Å². The second kappa shape index (κ2) is 15.3. The van der Waals surface area contributed by atoms with Gasteiger partial charge in [0.05, 0.1) is 12.4 Å². The summed E-state index contributed by atoms with van der Waals surface area (Å²) in [6.45, 7) is 3.70. The van der Waals surface area contributed by atoms with Crippen LogP contribution < -0.4 is 21.7 Å². The van der Waals surface area contributed by atoms with Gasteiger partial charge < -0.3 is 31.8 Å². The molecule has 218 valence electrons. The van der Waals surface area contributed by atoms with E-state index in [9.17, 15) is 24.3 Å². The molecule has 11 nitrogen and oxygen atoms in total. The number of carboxylic acid groups (broad SMARTS) is 1. The molecule has 3 amide bonds. The fourth-order valence-corrected chi connectivity index (χ4v) is 4.36. The van der Waals surface area contributed by atoms with Gasteiger partial charge in [0.15, 0.2) is 0 Å². The van der Waals surface area contributed by atoms with E-state index in [-0.39, 0.29) is 31.6 Å². The van der Waals surface area contributed by atoms with E-state index in [1.807, 2.05) is 74.5 Å². The fraction of sp³-hybridized carbons (Fsp3) is 0.367. The van der Waals surface area contributed by atoms with Crippen molar-refractivity contribution in [1.82, 2.24) is 25.9 Å². The first-order chi connectivity index (χ1) is 19.6. The van der Waals surface area contributed by atoms with Crippen LogP contribution in [-0.2, 0) is 38.4 Å². The number of carboxylic acids is 1. The number of H-pyrrole nitrogens is 1. The highest BCUT2D eigenvalue weighted by Gasteiger charge is 2.31. The van der Waals surface area contributed by atoms with Gasteiger partial charge in [0.25, 0.3) is 0 Å². The van der Waals surface area contributed by atoms with Gasteiger partial charge in [-0.15, -0.1) is 0 Å². The zero-order valence-corrected chi connectivity index (χ0v) is 23.2. The van der Waals surface area contributed by atoms with E-state index in [2.05, 4.69) is 25.9 Å². The van der Waals surface area contributed by atoms with Gasteiger partial charge in [-0.1, -0.05) is 74.5 Å². The molecule has 0 saturated carbocycles. The van der Waals surface area contributed by atoms with Crippen molar-refractivity contribution in [1.29, 1.82) is 0 Å². The van der Waals surface area contributed by atoms with Crippen molar-refractivity contribution in [2.24, 2.45) is 11.7 Å². The molecule has 3 aromatic rings. The zero-order valence-electron chi connectivity index (χ0n) is 23.2. The van der Waals surface area contributed by atoms with Crippen LogP contribution in [0.25, 0.3) is 0 Å². The number of rotatable bonds is 15. The van der Waals surface area contributed by atoms with Crippen LogP contribution in [0.15, 0.2) is 73.2 Å². The topological polar surface area (TPSA) is 179 Å². The Morgan fingerprint density at radius 2 is 1.29 bits per heavy atom. The average molecular weight is 563 g/mol. The largest absolute Gasteiger partial charge is 0.480 e. The Morgan fingerprint density at radius 3 is 1.80 bits per heavy atom. The van der Waals surface area contributed by atoms with Crippen molar-refractivity contribution in [3.63, 3.8) is 0 Å². The Hall–Kier alpha value is -4.51. The van der Waals surface area contributed by atoms with Crippen molar-refractivity contribution < 1.29 is 24.3 Å². The van der Waals surface area contributed by atoms with E-state index >= 15 is 0 Å². The van der Waals surface area contributed by atoms with Crippen LogP contribution in [0.2, 0.25) is 0 Å². The molecule has 0 aliphatic rings. The summed E-state index contributed by atoms with van der Waals surface area (Å²) < 4.78 is 0. The number of carbonyl (C=O) groups is 4. The Bertz CT molecular complexity index is 1270. The quantitative estimate of drug-likeness (QED) is 0.162. The van der Waals surface area contributed by atoms with E-state index in [0.29, 0.717) is 5.69 Å². The highest BCUT2D eigenvalue weighted by Crippen LogP contribution is 2.09. The Balaban J connectivity index is 1.79. The molecule has 0 saturated heterocycles. The molecular weight excluding hydrogens is 524 g/mol. The summed E-state index contributed by atoms with van der Waals surface area (Å²) in [5.74, 6) is -2.93. The van der Waals surface area contributed by atoms with Gasteiger partial charge >= 0.3 is 5.97 Å². The van der Waals surface area contributed by atoms with Crippen LogP contribution in [0.4, 0.5) is 0 Å². The average Bonchev–Trinajstić information content (AvgIpc) is 3.46. The predicted molar refractivity (Wildman–Crippen MR) is 153 cm³/mol. The molecule has 0 bridgehead atoms. The number of hydrogen-bond donors (Lipinski definition) is 6. The maximum absolute atomic E-state index is 13.6. The van der Waals surface area contributed by atoms with Crippen molar-refractivity contribution in [3.05, 3.63) is 90.0 Å². The Labute approximate surface area is 239 Å². The maximum atomic E-state index is 13.6. The number of aromatic amines is 1. The molecule has 0 fully saturated rings. The van der Waals surface area contributed by atoms with Crippen molar-refractivity contribution in [3.8, 4) is 0 Å². The third-order valence-electron chi connectivity index (χ3n) is 6.48. The van der Waals surface area contributed by atoms with Gasteiger partial charge in [-0.3, -0.25) is 14.4 Å². The zero-order chi connectivity index (χ0) is 29.8. The van der Waals surface area contributed by atoms with Gasteiger partial charge in [0, 0.05) is 24.7 Å². The lowest BCUT2D eigenvalue weighted by Crippen LogP contribution is -2.58. The molecule has 41 heavy (non-hydrogen) atoms. The molecule has 0 aliphatic heterocycles. The third-order valence-corrected chi connectivity index (χ3v) is 6.48. The molecule has 11 heteroatoms. The smallest absolute Gasteiger partial charge is 0.326 e. The molecule has 1 heterocycles. The summed E-state index contributed by atoms with van der Waals surface area (Å²) in [5, 5.41) is 17.6. The van der Waals surface area contributed by atoms with Gasteiger partial charge in [0.2, 0.25) is 17.7 Å². The van der Waals surface area contributed by atoms with Crippen LogP contribution >= 0.6 is 0 Å². The van der Waals surface area contributed by atoms with Gasteiger partial charge in [-0.05, 0) is 29.9 Å². The monoisotopic (exact) mass is 562 g/mol. The van der Waals surface area contributed by atoms with Crippen LogP contribution in [0.3, 0.4) is 0 Å². The number of amides is 3. The summed E-state index contributed by atoms with van der Waals surface area (Å²) in [6, 6.07) is 14.2. The number of nitrogens with zero attached hydrogens (tertiary/aromatic N) is 1. The second-order valence-electron chi connectivity index (χ2n) is 10.4. The minimum absolute atomic E-state index is 0.0163. The second-order valence-corrected chi connectivity index (χ2v) is 10.4. The highest BCUT2D eigenvalue weighted by atomic mass is 16.4. The van der Waals surface area contributed by atoms with Gasteiger partial charge in [0.1, 0.15) is 18.1 Å². The van der Waals surface area contributed by atoms with Gasteiger partial charge in [-0.25, -0.2) is 9.78 Å². The van der Waals surface area contributed by atoms with E-state index < -0.39 is 47.9 Å². The molecule has 2 aromatic carbocycles. The third kappa shape index (κ3) is 10.2. The number of aromatic nitrogens is 2.